The molecule has 0 atom stereocenters. The number of hydrogen-bond donors (Lipinski definition) is 2. The van der Waals surface area contributed by atoms with Crippen LogP contribution in [0, 0.1) is 0 Å². The van der Waals surface area contributed by atoms with Crippen molar-refractivity contribution in [2.24, 2.45) is 0 Å². The van der Waals surface area contributed by atoms with E-state index in [9.17, 15) is 13.6 Å². The Hall–Kier alpha value is -3.41. The van der Waals surface area contributed by atoms with Crippen LogP contribution in [0.2, 0.25) is 0 Å². The number of amides is 1. The van der Waals surface area contributed by atoms with E-state index in [1.807, 2.05) is 30.3 Å². The number of benzene rings is 3. The number of alkyl halides is 2. The van der Waals surface area contributed by atoms with Crippen LogP contribution in [0.5, 0.6) is 5.75 Å². The Morgan fingerprint density at radius 3 is 2.57 bits per heavy atom. The summed E-state index contributed by atoms with van der Waals surface area (Å²) in [5, 5.41) is 5.67. The van der Waals surface area contributed by atoms with E-state index in [2.05, 4.69) is 27.5 Å². The number of carbonyl (C=O) groups excluding carboxylic acids is 1. The van der Waals surface area contributed by atoms with Crippen LogP contribution in [0.3, 0.4) is 0 Å². The standard InChI is InChI=1S/C22H18F2N2O2/c23-22(24)28-20-8-4-3-7-19(20)26-21(27)13-25-16-9-10-18-15(12-16)11-14-5-1-2-6-17(14)18/h1-10,12,22,25H,11,13H2,(H,26,27). The number of rotatable bonds is 6. The maximum absolute atomic E-state index is 12.5. The van der Waals surface area contributed by atoms with Crippen LogP contribution in [-0.2, 0) is 11.2 Å². The average molecular weight is 380 g/mol. The van der Waals surface area contributed by atoms with Gasteiger partial charge in [-0.25, -0.2) is 0 Å². The second-order valence-corrected chi connectivity index (χ2v) is 6.48. The van der Waals surface area contributed by atoms with Gasteiger partial charge in [0.2, 0.25) is 5.91 Å². The molecular formula is C22H18F2N2O2. The second-order valence-electron chi connectivity index (χ2n) is 6.48. The topological polar surface area (TPSA) is 50.4 Å². The van der Waals surface area contributed by atoms with E-state index in [0.29, 0.717) is 0 Å². The molecule has 1 amide bonds. The molecule has 0 aliphatic heterocycles. The number of halogens is 2. The zero-order valence-corrected chi connectivity index (χ0v) is 14.9. The predicted octanol–water partition coefficient (Wildman–Crippen LogP) is 4.91. The Morgan fingerprint density at radius 2 is 1.71 bits per heavy atom. The number of ether oxygens (including phenoxy) is 1. The Kier molecular flexibility index (Phi) is 4.93. The minimum absolute atomic E-state index is 0.00868. The molecule has 28 heavy (non-hydrogen) atoms. The lowest BCUT2D eigenvalue weighted by Gasteiger charge is -2.12. The van der Waals surface area contributed by atoms with Gasteiger partial charge in [-0.15, -0.1) is 0 Å². The highest BCUT2D eigenvalue weighted by molar-refractivity contribution is 5.95. The highest BCUT2D eigenvalue weighted by Crippen LogP contribution is 2.37. The monoisotopic (exact) mass is 380 g/mol. The van der Waals surface area contributed by atoms with Crippen molar-refractivity contribution in [3.8, 4) is 16.9 Å². The van der Waals surface area contributed by atoms with E-state index < -0.39 is 6.61 Å². The van der Waals surface area contributed by atoms with Gasteiger partial charge < -0.3 is 15.4 Å². The highest BCUT2D eigenvalue weighted by atomic mass is 19.3. The SMILES string of the molecule is O=C(CNc1ccc2c(c1)Cc1ccccc1-2)Nc1ccccc1OC(F)F. The van der Waals surface area contributed by atoms with Gasteiger partial charge in [-0.1, -0.05) is 42.5 Å². The molecule has 0 bridgehead atoms. The summed E-state index contributed by atoms with van der Waals surface area (Å²) in [6.45, 7) is -2.94. The number of para-hydroxylation sites is 2. The van der Waals surface area contributed by atoms with Crippen molar-refractivity contribution >= 4 is 17.3 Å². The van der Waals surface area contributed by atoms with E-state index in [1.54, 1.807) is 12.1 Å². The van der Waals surface area contributed by atoms with Gasteiger partial charge in [-0.05, 0) is 52.9 Å². The van der Waals surface area contributed by atoms with Crippen molar-refractivity contribution < 1.29 is 18.3 Å². The lowest BCUT2D eigenvalue weighted by Crippen LogP contribution is -2.22. The minimum atomic E-state index is -2.95. The van der Waals surface area contributed by atoms with Gasteiger partial charge in [0.1, 0.15) is 5.75 Å². The van der Waals surface area contributed by atoms with Crippen LogP contribution in [0.1, 0.15) is 11.1 Å². The molecule has 0 radical (unpaired) electrons. The first-order valence-electron chi connectivity index (χ1n) is 8.89. The van der Waals surface area contributed by atoms with Gasteiger partial charge in [-0.2, -0.15) is 8.78 Å². The molecule has 6 heteroatoms. The number of carbonyl (C=O) groups is 1. The number of fused-ring (bicyclic) bond motifs is 3. The average Bonchev–Trinajstić information content (AvgIpc) is 3.05. The lowest BCUT2D eigenvalue weighted by atomic mass is 10.1. The summed E-state index contributed by atoms with van der Waals surface area (Å²) in [5.74, 6) is -0.421. The summed E-state index contributed by atoms with van der Waals surface area (Å²) in [5.41, 5.74) is 6.00. The van der Waals surface area contributed by atoms with Crippen LogP contribution < -0.4 is 15.4 Å². The van der Waals surface area contributed by atoms with Crippen LogP contribution in [0.15, 0.2) is 66.7 Å². The van der Waals surface area contributed by atoms with Gasteiger partial charge in [0, 0.05) is 5.69 Å². The highest BCUT2D eigenvalue weighted by Gasteiger charge is 2.18. The summed E-state index contributed by atoms with van der Waals surface area (Å²) in [6.07, 6.45) is 0.867. The molecule has 2 N–H and O–H groups in total. The van der Waals surface area contributed by atoms with E-state index in [1.165, 1.54) is 34.4 Å². The molecule has 0 aromatic heterocycles. The molecule has 142 valence electrons. The van der Waals surface area contributed by atoms with Crippen LogP contribution in [0.25, 0.3) is 11.1 Å². The molecular weight excluding hydrogens is 362 g/mol. The Labute approximate surface area is 161 Å². The number of hydrogen-bond acceptors (Lipinski definition) is 3. The van der Waals surface area contributed by atoms with Gasteiger partial charge in [0.15, 0.2) is 0 Å². The molecule has 1 aliphatic rings. The Balaban J connectivity index is 1.39. The van der Waals surface area contributed by atoms with Crippen molar-refractivity contribution in [3.63, 3.8) is 0 Å². The molecule has 4 rings (SSSR count). The summed E-state index contributed by atoms with van der Waals surface area (Å²) in [4.78, 5) is 12.2. The maximum Gasteiger partial charge on any atom is 0.387 e. The second kappa shape index (κ2) is 7.68. The van der Waals surface area contributed by atoms with Crippen LogP contribution in [-0.4, -0.2) is 19.1 Å². The van der Waals surface area contributed by atoms with Crippen molar-refractivity contribution in [1.29, 1.82) is 0 Å². The van der Waals surface area contributed by atoms with Gasteiger partial charge in [0.05, 0.1) is 12.2 Å². The summed E-state index contributed by atoms with van der Waals surface area (Å²) in [7, 11) is 0. The fourth-order valence-electron chi connectivity index (χ4n) is 3.40. The first-order chi connectivity index (χ1) is 13.6. The lowest BCUT2D eigenvalue weighted by molar-refractivity contribution is -0.114. The van der Waals surface area contributed by atoms with Gasteiger partial charge in [0.25, 0.3) is 0 Å². The molecule has 0 heterocycles. The molecule has 1 aliphatic carbocycles. The van der Waals surface area contributed by atoms with Crippen molar-refractivity contribution in [2.75, 3.05) is 17.2 Å². The first kappa shape index (κ1) is 18.0. The van der Waals surface area contributed by atoms with Crippen molar-refractivity contribution in [2.45, 2.75) is 13.0 Å². The summed E-state index contributed by atoms with van der Waals surface area (Å²) in [6, 6.07) is 20.4. The molecule has 0 saturated carbocycles. The molecule has 0 spiro atoms. The van der Waals surface area contributed by atoms with E-state index >= 15 is 0 Å². The summed E-state index contributed by atoms with van der Waals surface area (Å²) >= 11 is 0. The predicted molar refractivity (Wildman–Crippen MR) is 105 cm³/mol. The molecule has 3 aromatic carbocycles. The quantitative estimate of drug-likeness (QED) is 0.500. The largest absolute Gasteiger partial charge is 0.433 e. The summed E-state index contributed by atoms with van der Waals surface area (Å²) < 4.78 is 29.4. The Morgan fingerprint density at radius 1 is 0.964 bits per heavy atom. The zero-order chi connectivity index (χ0) is 19.5. The van der Waals surface area contributed by atoms with E-state index in [0.717, 1.165) is 12.1 Å². The van der Waals surface area contributed by atoms with Crippen molar-refractivity contribution in [3.05, 3.63) is 77.9 Å². The molecule has 3 aromatic rings. The third kappa shape index (κ3) is 3.81. The third-order valence-corrected chi connectivity index (χ3v) is 4.62. The molecule has 0 fully saturated rings. The number of anilines is 2. The fraction of sp³-hybridized carbons (Fsp3) is 0.136. The normalized spacial score (nSPS) is 11.7. The molecule has 4 nitrogen and oxygen atoms in total. The Bertz CT molecular complexity index is 1020. The van der Waals surface area contributed by atoms with Crippen molar-refractivity contribution in [1.82, 2.24) is 0 Å². The first-order valence-corrected chi connectivity index (χ1v) is 8.89. The van der Waals surface area contributed by atoms with Crippen LogP contribution >= 0.6 is 0 Å². The zero-order valence-electron chi connectivity index (χ0n) is 14.9. The van der Waals surface area contributed by atoms with Gasteiger partial charge in [-0.3, -0.25) is 4.79 Å². The van der Waals surface area contributed by atoms with E-state index in [-0.39, 0.29) is 23.9 Å². The smallest absolute Gasteiger partial charge is 0.387 e. The molecule has 0 saturated heterocycles. The van der Waals surface area contributed by atoms with E-state index in [4.69, 9.17) is 0 Å². The third-order valence-electron chi connectivity index (χ3n) is 4.62. The van der Waals surface area contributed by atoms with Crippen LogP contribution in [0.4, 0.5) is 20.2 Å². The van der Waals surface area contributed by atoms with Gasteiger partial charge >= 0.3 is 6.61 Å². The number of nitrogens with one attached hydrogen (secondary N) is 2. The maximum atomic E-state index is 12.5. The fourth-order valence-corrected chi connectivity index (χ4v) is 3.40. The minimum Gasteiger partial charge on any atom is -0.433 e. The molecule has 0 unspecified atom stereocenters.